The van der Waals surface area contributed by atoms with Crippen molar-refractivity contribution in [1.82, 2.24) is 0 Å². The van der Waals surface area contributed by atoms with Gasteiger partial charge in [0, 0.05) is 6.07 Å². The van der Waals surface area contributed by atoms with Gasteiger partial charge < -0.3 is 4.74 Å². The van der Waals surface area contributed by atoms with Gasteiger partial charge in [-0.25, -0.2) is 4.39 Å². The van der Waals surface area contributed by atoms with E-state index in [4.69, 9.17) is 0 Å². The van der Waals surface area contributed by atoms with Crippen molar-refractivity contribution in [3.8, 4) is 5.75 Å². The first-order valence-electron chi connectivity index (χ1n) is 3.72. The second kappa shape index (κ2) is 3.84. The Morgan fingerprint density at radius 2 is 1.50 bits per heavy atom. The molecular weight excluding hydrogens is 245 g/mol. The van der Waals surface area contributed by atoms with Gasteiger partial charge >= 0.3 is 12.5 Å². The van der Waals surface area contributed by atoms with Crippen molar-refractivity contribution in [2.24, 2.45) is 0 Å². The SMILES string of the molecule is Fc1ccc(C(F)(F)F)c(OC(F)(F)F)c1. The molecule has 0 saturated carbocycles. The normalized spacial score (nSPS) is 12.7. The van der Waals surface area contributed by atoms with Crippen LogP contribution in [0.5, 0.6) is 5.75 Å². The highest BCUT2D eigenvalue weighted by atomic mass is 19.4. The van der Waals surface area contributed by atoms with Gasteiger partial charge in [-0.15, -0.1) is 13.2 Å². The van der Waals surface area contributed by atoms with Crippen molar-refractivity contribution in [1.29, 1.82) is 0 Å². The zero-order chi connectivity index (χ0) is 12.6. The van der Waals surface area contributed by atoms with Crippen molar-refractivity contribution >= 4 is 0 Å². The van der Waals surface area contributed by atoms with Crippen molar-refractivity contribution in [3.05, 3.63) is 29.6 Å². The van der Waals surface area contributed by atoms with Gasteiger partial charge in [0.15, 0.2) is 0 Å². The van der Waals surface area contributed by atoms with Crippen LogP contribution in [-0.2, 0) is 6.18 Å². The first-order valence-corrected chi connectivity index (χ1v) is 3.72. The summed E-state index contributed by atoms with van der Waals surface area (Å²) in [4.78, 5) is 0. The van der Waals surface area contributed by atoms with Crippen LogP contribution >= 0.6 is 0 Å². The Labute approximate surface area is 84.4 Å². The third kappa shape index (κ3) is 3.28. The molecule has 1 rings (SSSR count). The van der Waals surface area contributed by atoms with Gasteiger partial charge in [-0.05, 0) is 12.1 Å². The number of rotatable bonds is 1. The van der Waals surface area contributed by atoms with E-state index in [-0.39, 0.29) is 12.1 Å². The summed E-state index contributed by atoms with van der Waals surface area (Å²) in [6.07, 6.45) is -10.4. The Bertz CT molecular complexity index is 379. The molecule has 0 radical (unpaired) electrons. The first-order chi connectivity index (χ1) is 7.09. The van der Waals surface area contributed by atoms with Crippen LogP contribution in [-0.4, -0.2) is 6.36 Å². The largest absolute Gasteiger partial charge is 0.573 e. The molecule has 1 nitrogen and oxygen atoms in total. The Morgan fingerprint density at radius 3 is 1.94 bits per heavy atom. The van der Waals surface area contributed by atoms with Crippen LogP contribution in [0.3, 0.4) is 0 Å². The van der Waals surface area contributed by atoms with Crippen molar-refractivity contribution in [2.75, 3.05) is 0 Å². The predicted molar refractivity (Wildman–Crippen MR) is 38.1 cm³/mol. The Hall–Kier alpha value is -1.47. The minimum absolute atomic E-state index is 0.0241. The number of benzene rings is 1. The molecular formula is C8H3F7O. The summed E-state index contributed by atoms with van der Waals surface area (Å²) in [6.45, 7) is 0. The van der Waals surface area contributed by atoms with Gasteiger partial charge in [0.05, 0.1) is 5.56 Å². The summed E-state index contributed by atoms with van der Waals surface area (Å²) in [5.41, 5.74) is -1.69. The molecule has 8 heteroatoms. The van der Waals surface area contributed by atoms with E-state index in [9.17, 15) is 30.7 Å². The molecule has 0 atom stereocenters. The topological polar surface area (TPSA) is 9.23 Å². The second-order valence-corrected chi connectivity index (χ2v) is 2.69. The van der Waals surface area contributed by atoms with Gasteiger partial charge in [0.2, 0.25) is 0 Å². The van der Waals surface area contributed by atoms with E-state index in [1.807, 2.05) is 0 Å². The van der Waals surface area contributed by atoms with Gasteiger partial charge in [-0.1, -0.05) is 0 Å². The maximum atomic E-state index is 12.5. The summed E-state index contributed by atoms with van der Waals surface area (Å²) in [6, 6.07) is 0.596. The molecule has 0 heterocycles. The molecule has 0 spiro atoms. The van der Waals surface area contributed by atoms with Gasteiger partial charge in [0.1, 0.15) is 11.6 Å². The molecule has 0 N–H and O–H groups in total. The molecule has 0 unspecified atom stereocenters. The molecule has 0 aromatic heterocycles. The van der Waals surface area contributed by atoms with Crippen LogP contribution in [0.25, 0.3) is 0 Å². The average Bonchev–Trinajstić information content (AvgIpc) is 1.97. The summed E-state index contributed by atoms with van der Waals surface area (Å²) in [5, 5.41) is 0. The van der Waals surface area contributed by atoms with Crippen LogP contribution in [0.15, 0.2) is 18.2 Å². The number of hydrogen-bond donors (Lipinski definition) is 0. The molecule has 0 bridgehead atoms. The summed E-state index contributed by atoms with van der Waals surface area (Å²) in [7, 11) is 0. The van der Waals surface area contributed by atoms with E-state index < -0.39 is 29.7 Å². The van der Waals surface area contributed by atoms with E-state index in [0.29, 0.717) is 6.07 Å². The summed E-state index contributed by atoms with van der Waals surface area (Å²) < 4.78 is 87.3. The highest BCUT2D eigenvalue weighted by molar-refractivity contribution is 5.36. The van der Waals surface area contributed by atoms with Gasteiger partial charge in [0.25, 0.3) is 0 Å². The quantitative estimate of drug-likeness (QED) is 0.688. The fraction of sp³-hybridized carbons (Fsp3) is 0.250. The third-order valence-corrected chi connectivity index (χ3v) is 1.47. The molecule has 0 aliphatic carbocycles. The smallest absolute Gasteiger partial charge is 0.405 e. The summed E-state index contributed by atoms with van der Waals surface area (Å²) >= 11 is 0. The van der Waals surface area contributed by atoms with Crippen molar-refractivity contribution in [2.45, 2.75) is 12.5 Å². The molecule has 1 aromatic carbocycles. The van der Waals surface area contributed by atoms with Gasteiger partial charge in [-0.2, -0.15) is 13.2 Å². The van der Waals surface area contributed by atoms with E-state index in [2.05, 4.69) is 4.74 Å². The minimum atomic E-state index is -5.31. The van der Waals surface area contributed by atoms with E-state index >= 15 is 0 Å². The molecule has 16 heavy (non-hydrogen) atoms. The first kappa shape index (κ1) is 12.6. The fourth-order valence-corrected chi connectivity index (χ4v) is 0.939. The number of halogens is 7. The maximum Gasteiger partial charge on any atom is 0.573 e. The predicted octanol–water partition coefficient (Wildman–Crippen LogP) is 3.74. The van der Waals surface area contributed by atoms with Crippen LogP contribution in [0, 0.1) is 5.82 Å². The molecule has 1 aromatic rings. The van der Waals surface area contributed by atoms with Crippen LogP contribution in [0.2, 0.25) is 0 Å². The lowest BCUT2D eigenvalue weighted by Crippen LogP contribution is -2.20. The molecule has 0 aliphatic heterocycles. The van der Waals surface area contributed by atoms with Crippen LogP contribution in [0.4, 0.5) is 30.7 Å². The molecule has 0 amide bonds. The lowest BCUT2D eigenvalue weighted by Gasteiger charge is -2.14. The fourth-order valence-electron chi connectivity index (χ4n) is 0.939. The van der Waals surface area contributed by atoms with Gasteiger partial charge in [-0.3, -0.25) is 0 Å². The maximum absolute atomic E-state index is 12.5. The third-order valence-electron chi connectivity index (χ3n) is 1.47. The average molecular weight is 248 g/mol. The molecule has 0 saturated heterocycles. The van der Waals surface area contributed by atoms with E-state index in [1.54, 1.807) is 0 Å². The summed E-state index contributed by atoms with van der Waals surface area (Å²) in [5.74, 6) is -2.87. The lowest BCUT2D eigenvalue weighted by molar-refractivity contribution is -0.276. The molecule has 90 valence electrons. The monoisotopic (exact) mass is 248 g/mol. The lowest BCUT2D eigenvalue weighted by atomic mass is 10.2. The Balaban J connectivity index is 3.19. The van der Waals surface area contributed by atoms with Crippen molar-refractivity contribution < 1.29 is 35.5 Å². The zero-order valence-electron chi connectivity index (χ0n) is 7.29. The van der Waals surface area contributed by atoms with E-state index in [0.717, 1.165) is 0 Å². The highest BCUT2D eigenvalue weighted by Gasteiger charge is 2.39. The molecule has 0 fully saturated rings. The number of hydrogen-bond acceptors (Lipinski definition) is 1. The van der Waals surface area contributed by atoms with E-state index in [1.165, 1.54) is 0 Å². The highest BCUT2D eigenvalue weighted by Crippen LogP contribution is 2.38. The van der Waals surface area contributed by atoms with Crippen LogP contribution in [0.1, 0.15) is 5.56 Å². The zero-order valence-corrected chi connectivity index (χ0v) is 7.29. The Morgan fingerprint density at radius 1 is 0.938 bits per heavy atom. The second-order valence-electron chi connectivity index (χ2n) is 2.69. The van der Waals surface area contributed by atoms with Crippen molar-refractivity contribution in [3.63, 3.8) is 0 Å². The standard InChI is InChI=1S/C8H3F7O/c9-4-1-2-5(7(10,11)12)6(3-4)16-8(13,14)15/h1-3H. The van der Waals surface area contributed by atoms with Crippen LogP contribution < -0.4 is 4.74 Å². The number of ether oxygens (including phenoxy) is 1. The Kier molecular flexibility index (Phi) is 3.02. The number of alkyl halides is 6. The molecule has 0 aliphatic rings. The minimum Gasteiger partial charge on any atom is -0.405 e.